The number of esters is 2. The zero-order valence-electron chi connectivity index (χ0n) is 7.99. The Balaban J connectivity index is 3.59. The predicted octanol–water partition coefficient (Wildman–Crippen LogP) is 0.0735. The van der Waals surface area contributed by atoms with E-state index in [0.29, 0.717) is 0 Å². The van der Waals surface area contributed by atoms with Crippen LogP contribution in [0.1, 0.15) is 32.1 Å². The van der Waals surface area contributed by atoms with E-state index in [1.807, 2.05) is 0 Å². The second-order valence-electron chi connectivity index (χ2n) is 2.72. The van der Waals surface area contributed by atoms with Crippen LogP contribution in [-0.2, 0) is 29.0 Å². The van der Waals surface area contributed by atoms with Crippen LogP contribution in [0.15, 0.2) is 0 Å². The third-order valence-electron chi connectivity index (χ3n) is 1.42. The summed E-state index contributed by atoms with van der Waals surface area (Å²) in [4.78, 5) is 41.3. The van der Waals surface area contributed by atoms with E-state index < -0.39 is 17.9 Å². The van der Waals surface area contributed by atoms with Gasteiger partial charge in [0, 0.05) is 12.8 Å². The van der Waals surface area contributed by atoms with Crippen molar-refractivity contribution in [1.29, 1.82) is 0 Å². The van der Waals surface area contributed by atoms with E-state index in [1.165, 1.54) is 6.29 Å². The molecule has 0 aliphatic carbocycles. The first-order valence-electron chi connectivity index (χ1n) is 4.34. The first-order chi connectivity index (χ1) is 7.06. The molecule has 0 rings (SSSR count). The molecule has 2 radical (unpaired) electrons. The Kier molecular flexibility index (Phi) is 6.78. The third-order valence-corrected chi connectivity index (χ3v) is 1.42. The summed E-state index contributed by atoms with van der Waals surface area (Å²) in [5, 5.41) is 9.97. The SMILES string of the molecule is [O]C(=O)CCCC(=O)OC(=O)CC[C]=O. The van der Waals surface area contributed by atoms with Crippen LogP contribution in [0.2, 0.25) is 0 Å². The van der Waals surface area contributed by atoms with Gasteiger partial charge in [0.25, 0.3) is 0 Å². The molecule has 0 bridgehead atoms. The highest BCUT2D eigenvalue weighted by Crippen LogP contribution is 2.00. The summed E-state index contributed by atoms with van der Waals surface area (Å²) in [6.07, 6.45) is 0.806. The van der Waals surface area contributed by atoms with Gasteiger partial charge in [-0.1, -0.05) is 0 Å². The molecule has 0 saturated carbocycles. The summed E-state index contributed by atoms with van der Waals surface area (Å²) in [5.41, 5.74) is 0. The van der Waals surface area contributed by atoms with Crippen LogP contribution in [0.3, 0.4) is 0 Å². The highest BCUT2D eigenvalue weighted by Gasteiger charge is 2.11. The molecule has 0 aromatic carbocycles. The Hall–Kier alpha value is -1.72. The van der Waals surface area contributed by atoms with E-state index in [2.05, 4.69) is 4.74 Å². The largest absolute Gasteiger partial charge is 0.393 e. The number of carbonyl (C=O) groups is 3. The van der Waals surface area contributed by atoms with Crippen LogP contribution >= 0.6 is 0 Å². The summed E-state index contributed by atoms with van der Waals surface area (Å²) in [7, 11) is 0. The van der Waals surface area contributed by atoms with Crippen molar-refractivity contribution in [3.63, 3.8) is 0 Å². The molecule has 82 valence electrons. The van der Waals surface area contributed by atoms with Crippen molar-refractivity contribution in [2.45, 2.75) is 32.1 Å². The van der Waals surface area contributed by atoms with Crippen LogP contribution in [0.25, 0.3) is 0 Å². The van der Waals surface area contributed by atoms with Crippen molar-refractivity contribution >= 4 is 24.2 Å². The van der Waals surface area contributed by atoms with E-state index in [-0.39, 0.29) is 32.1 Å². The maximum absolute atomic E-state index is 10.8. The van der Waals surface area contributed by atoms with E-state index >= 15 is 0 Å². The fourth-order valence-electron chi connectivity index (χ4n) is 0.759. The molecule has 0 N–H and O–H groups in total. The van der Waals surface area contributed by atoms with E-state index in [1.54, 1.807) is 0 Å². The van der Waals surface area contributed by atoms with E-state index in [9.17, 15) is 24.3 Å². The minimum absolute atomic E-state index is 0.0637. The van der Waals surface area contributed by atoms with Crippen molar-refractivity contribution < 1.29 is 29.0 Å². The lowest BCUT2D eigenvalue weighted by Crippen LogP contribution is -2.12. The minimum Gasteiger partial charge on any atom is -0.393 e. The number of rotatable bonds is 7. The highest BCUT2D eigenvalue weighted by atomic mass is 16.6. The molecule has 0 aliphatic heterocycles. The summed E-state index contributed by atoms with van der Waals surface area (Å²) < 4.78 is 4.26. The van der Waals surface area contributed by atoms with Crippen LogP contribution < -0.4 is 0 Å². The second-order valence-corrected chi connectivity index (χ2v) is 2.72. The second kappa shape index (κ2) is 7.66. The van der Waals surface area contributed by atoms with Crippen molar-refractivity contribution in [1.82, 2.24) is 0 Å². The fourth-order valence-corrected chi connectivity index (χ4v) is 0.759. The van der Waals surface area contributed by atoms with Gasteiger partial charge in [-0.15, -0.1) is 0 Å². The standard InChI is InChI=1S/C9H10O6/c10-6-2-5-9(14)15-8(13)4-1-3-7(11)12/h1-5H2. The van der Waals surface area contributed by atoms with Gasteiger partial charge in [0.2, 0.25) is 0 Å². The summed E-state index contributed by atoms with van der Waals surface area (Å²) in [6, 6.07) is 0. The van der Waals surface area contributed by atoms with Gasteiger partial charge in [0.05, 0.1) is 12.8 Å². The predicted molar refractivity (Wildman–Crippen MR) is 45.6 cm³/mol. The lowest BCUT2D eigenvalue weighted by atomic mass is 10.2. The summed E-state index contributed by atoms with van der Waals surface area (Å²) in [6.45, 7) is 0. The van der Waals surface area contributed by atoms with Crippen LogP contribution in [0.5, 0.6) is 0 Å². The van der Waals surface area contributed by atoms with Crippen molar-refractivity contribution in [2.24, 2.45) is 0 Å². The summed E-state index contributed by atoms with van der Waals surface area (Å²) >= 11 is 0. The quantitative estimate of drug-likeness (QED) is 0.441. The molecule has 0 unspecified atom stereocenters. The molecule has 0 aliphatic rings. The van der Waals surface area contributed by atoms with Gasteiger partial charge in [-0.3, -0.25) is 14.4 Å². The van der Waals surface area contributed by atoms with Gasteiger partial charge in [0.15, 0.2) is 6.29 Å². The molecule has 0 saturated heterocycles. The average molecular weight is 214 g/mol. The molecule has 0 spiro atoms. The van der Waals surface area contributed by atoms with Gasteiger partial charge >= 0.3 is 17.9 Å². The third kappa shape index (κ3) is 8.61. The van der Waals surface area contributed by atoms with Gasteiger partial charge in [-0.2, -0.15) is 0 Å². The fraction of sp³-hybridized carbons (Fsp3) is 0.556. The number of hydrogen-bond donors (Lipinski definition) is 0. The Morgan fingerprint density at radius 3 is 2.13 bits per heavy atom. The molecule has 0 fully saturated rings. The monoisotopic (exact) mass is 214 g/mol. The molecular weight excluding hydrogens is 204 g/mol. The first kappa shape index (κ1) is 13.3. The molecule has 0 aromatic heterocycles. The van der Waals surface area contributed by atoms with E-state index in [0.717, 1.165) is 0 Å². The molecule has 0 amide bonds. The molecule has 0 atom stereocenters. The van der Waals surface area contributed by atoms with Gasteiger partial charge in [-0.05, 0) is 6.42 Å². The Bertz CT molecular complexity index is 257. The highest BCUT2D eigenvalue weighted by molar-refractivity contribution is 5.86. The topological polar surface area (TPSA) is 97.4 Å². The lowest BCUT2D eigenvalue weighted by molar-refractivity contribution is -0.159. The van der Waals surface area contributed by atoms with Crippen LogP contribution in [-0.4, -0.2) is 24.2 Å². The van der Waals surface area contributed by atoms with Gasteiger partial charge < -0.3 is 4.74 Å². The zero-order valence-corrected chi connectivity index (χ0v) is 7.99. The minimum atomic E-state index is -1.26. The first-order valence-corrected chi connectivity index (χ1v) is 4.34. The maximum Gasteiger partial charge on any atom is 0.355 e. The Labute approximate surface area is 86.2 Å². The van der Waals surface area contributed by atoms with E-state index in [4.69, 9.17) is 0 Å². The Morgan fingerprint density at radius 1 is 1.00 bits per heavy atom. The van der Waals surface area contributed by atoms with Gasteiger partial charge in [-0.25, -0.2) is 9.90 Å². The van der Waals surface area contributed by atoms with Crippen molar-refractivity contribution in [3.05, 3.63) is 0 Å². The molecule has 15 heavy (non-hydrogen) atoms. The molecular formula is C9H10O6. The number of carbonyl (C=O) groups excluding carboxylic acids is 4. The molecule has 0 aromatic rings. The lowest BCUT2D eigenvalue weighted by Gasteiger charge is -1.99. The van der Waals surface area contributed by atoms with Crippen LogP contribution in [0, 0.1) is 0 Å². The number of hydrogen-bond acceptors (Lipinski definition) is 5. The van der Waals surface area contributed by atoms with Crippen LogP contribution in [0.4, 0.5) is 0 Å². The molecule has 6 heteroatoms. The summed E-state index contributed by atoms with van der Waals surface area (Å²) in [5.74, 6) is -2.87. The molecule has 6 nitrogen and oxygen atoms in total. The van der Waals surface area contributed by atoms with Gasteiger partial charge in [0.1, 0.15) is 0 Å². The van der Waals surface area contributed by atoms with Crippen molar-refractivity contribution in [2.75, 3.05) is 0 Å². The average Bonchev–Trinajstić information content (AvgIpc) is 2.14. The normalized spacial score (nSPS) is 9.33. The Morgan fingerprint density at radius 2 is 1.60 bits per heavy atom. The van der Waals surface area contributed by atoms with Crippen molar-refractivity contribution in [3.8, 4) is 0 Å². The smallest absolute Gasteiger partial charge is 0.355 e. The molecule has 0 heterocycles. The zero-order chi connectivity index (χ0) is 11.7. The maximum atomic E-state index is 10.8. The number of ether oxygens (including phenoxy) is 1.